The molecule has 27 heavy (non-hydrogen) atoms. The van der Waals surface area contributed by atoms with Crippen LogP contribution in [-0.4, -0.2) is 29.5 Å². The lowest BCUT2D eigenvalue weighted by atomic mass is 10.3. The van der Waals surface area contributed by atoms with Gasteiger partial charge in [0.25, 0.3) is 10.0 Å². The molecule has 0 fully saturated rings. The fraction of sp³-hybridized carbons (Fsp3) is 0.167. The van der Waals surface area contributed by atoms with E-state index >= 15 is 0 Å². The summed E-state index contributed by atoms with van der Waals surface area (Å²) in [6, 6.07) is 13.7. The Labute approximate surface area is 163 Å². The number of benzene rings is 2. The van der Waals surface area contributed by atoms with Crippen molar-refractivity contribution in [3.8, 4) is 0 Å². The molecule has 0 aliphatic carbocycles. The maximum atomic E-state index is 12.6. The zero-order chi connectivity index (χ0) is 19.4. The van der Waals surface area contributed by atoms with E-state index in [0.717, 1.165) is 0 Å². The lowest BCUT2D eigenvalue weighted by Crippen LogP contribution is -2.33. The van der Waals surface area contributed by atoms with Crippen LogP contribution >= 0.6 is 12.2 Å². The van der Waals surface area contributed by atoms with Crippen LogP contribution in [0.2, 0.25) is 0 Å². The number of anilines is 2. The number of sulfonamides is 1. The minimum absolute atomic E-state index is 0.116. The van der Waals surface area contributed by atoms with Crippen LogP contribution in [0.4, 0.5) is 11.5 Å². The van der Waals surface area contributed by atoms with Gasteiger partial charge in [-0.3, -0.25) is 9.71 Å². The third-order valence-electron chi connectivity index (χ3n) is 3.53. The number of rotatable bonds is 5. The summed E-state index contributed by atoms with van der Waals surface area (Å²) in [6.45, 7) is 3.95. The third kappa shape index (κ3) is 4.89. The van der Waals surface area contributed by atoms with Gasteiger partial charge in [0.05, 0.1) is 22.1 Å². The van der Waals surface area contributed by atoms with Crippen LogP contribution in [0.1, 0.15) is 13.8 Å². The normalized spacial score (nSPS) is 11.4. The van der Waals surface area contributed by atoms with Gasteiger partial charge >= 0.3 is 0 Å². The molecule has 1 heterocycles. The number of fused-ring (bicyclic) bond motifs is 1. The molecule has 1 aromatic heterocycles. The Kier molecular flexibility index (Phi) is 5.52. The van der Waals surface area contributed by atoms with Crippen LogP contribution in [0.5, 0.6) is 0 Å². The Bertz CT molecular complexity index is 1070. The minimum Gasteiger partial charge on any atom is -0.360 e. The van der Waals surface area contributed by atoms with E-state index in [-0.39, 0.29) is 16.8 Å². The molecule has 140 valence electrons. The summed E-state index contributed by atoms with van der Waals surface area (Å²) in [6.07, 6.45) is 1.39. The van der Waals surface area contributed by atoms with E-state index < -0.39 is 10.0 Å². The Morgan fingerprint density at radius 3 is 2.37 bits per heavy atom. The Balaban J connectivity index is 1.75. The van der Waals surface area contributed by atoms with Crippen molar-refractivity contribution in [2.24, 2.45) is 0 Å². The number of hydrogen-bond donors (Lipinski definition) is 3. The molecule has 0 unspecified atom stereocenters. The number of hydrogen-bond acceptors (Lipinski definition) is 5. The summed E-state index contributed by atoms with van der Waals surface area (Å²) in [7, 11) is -3.77. The molecule has 7 nitrogen and oxygen atoms in total. The predicted molar refractivity (Wildman–Crippen MR) is 111 cm³/mol. The maximum Gasteiger partial charge on any atom is 0.263 e. The van der Waals surface area contributed by atoms with E-state index in [2.05, 4.69) is 25.3 Å². The van der Waals surface area contributed by atoms with E-state index in [1.165, 1.54) is 18.3 Å². The summed E-state index contributed by atoms with van der Waals surface area (Å²) < 4.78 is 27.6. The average Bonchev–Trinajstić information content (AvgIpc) is 2.61. The highest BCUT2D eigenvalue weighted by Crippen LogP contribution is 2.18. The van der Waals surface area contributed by atoms with Crippen molar-refractivity contribution in [3.05, 3.63) is 54.7 Å². The largest absolute Gasteiger partial charge is 0.360 e. The van der Waals surface area contributed by atoms with Gasteiger partial charge in [-0.05, 0) is 62.5 Å². The monoisotopic (exact) mass is 401 g/mol. The van der Waals surface area contributed by atoms with Crippen molar-refractivity contribution in [1.29, 1.82) is 0 Å². The van der Waals surface area contributed by atoms with Gasteiger partial charge in [0.2, 0.25) is 0 Å². The molecule has 3 aromatic rings. The van der Waals surface area contributed by atoms with Crippen molar-refractivity contribution >= 4 is 49.9 Å². The molecular formula is C18H19N5O2S2. The number of aromatic nitrogens is 2. The molecule has 0 amide bonds. The van der Waals surface area contributed by atoms with Crippen LogP contribution in [-0.2, 0) is 10.0 Å². The van der Waals surface area contributed by atoms with Crippen molar-refractivity contribution in [2.75, 3.05) is 10.0 Å². The van der Waals surface area contributed by atoms with Crippen molar-refractivity contribution in [3.63, 3.8) is 0 Å². The van der Waals surface area contributed by atoms with E-state index in [4.69, 9.17) is 12.2 Å². The lowest BCUT2D eigenvalue weighted by Gasteiger charge is -2.13. The van der Waals surface area contributed by atoms with E-state index in [9.17, 15) is 8.42 Å². The van der Waals surface area contributed by atoms with Gasteiger partial charge in [0.1, 0.15) is 0 Å². The van der Waals surface area contributed by atoms with Crippen LogP contribution in [0.3, 0.4) is 0 Å². The Morgan fingerprint density at radius 2 is 1.70 bits per heavy atom. The fourth-order valence-electron chi connectivity index (χ4n) is 2.35. The first-order valence-electron chi connectivity index (χ1n) is 8.26. The molecule has 0 atom stereocenters. The van der Waals surface area contributed by atoms with Gasteiger partial charge < -0.3 is 10.6 Å². The number of nitrogens with one attached hydrogen (secondary N) is 3. The van der Waals surface area contributed by atoms with Gasteiger partial charge in [-0.25, -0.2) is 13.4 Å². The first-order valence-corrected chi connectivity index (χ1v) is 10.1. The summed E-state index contributed by atoms with van der Waals surface area (Å²) >= 11 is 5.18. The van der Waals surface area contributed by atoms with E-state index in [1.54, 1.807) is 18.2 Å². The summed E-state index contributed by atoms with van der Waals surface area (Å²) in [5.74, 6) is 0.165. The first-order chi connectivity index (χ1) is 12.8. The zero-order valence-corrected chi connectivity index (χ0v) is 16.4. The topological polar surface area (TPSA) is 96.0 Å². The number of para-hydroxylation sites is 2. The highest BCUT2D eigenvalue weighted by atomic mass is 32.2. The molecule has 0 radical (unpaired) electrons. The average molecular weight is 402 g/mol. The van der Waals surface area contributed by atoms with Crippen LogP contribution in [0.25, 0.3) is 11.0 Å². The second-order valence-corrected chi connectivity index (χ2v) is 8.22. The quantitative estimate of drug-likeness (QED) is 0.565. The fourth-order valence-corrected chi connectivity index (χ4v) is 3.69. The lowest BCUT2D eigenvalue weighted by molar-refractivity contribution is 0.601. The molecule has 3 rings (SSSR count). The van der Waals surface area contributed by atoms with Crippen molar-refractivity contribution < 1.29 is 8.42 Å². The molecule has 9 heteroatoms. The van der Waals surface area contributed by atoms with Crippen molar-refractivity contribution in [1.82, 2.24) is 15.3 Å². The highest BCUT2D eigenvalue weighted by molar-refractivity contribution is 7.92. The predicted octanol–water partition coefficient (Wildman–Crippen LogP) is 3.13. The maximum absolute atomic E-state index is 12.6. The van der Waals surface area contributed by atoms with Gasteiger partial charge in [0, 0.05) is 11.7 Å². The molecule has 3 N–H and O–H groups in total. The molecule has 0 bridgehead atoms. The Morgan fingerprint density at radius 1 is 1.04 bits per heavy atom. The van der Waals surface area contributed by atoms with Gasteiger partial charge in [-0.15, -0.1) is 0 Å². The standard InChI is InChI=1S/C18H19N5O2S2/c1-12(2)20-18(26)21-13-7-9-14(10-8-13)27(24,25)23-17-11-19-15-5-3-4-6-16(15)22-17/h3-12H,1-2H3,(H,22,23)(H2,20,21,26). The molecular weight excluding hydrogens is 382 g/mol. The van der Waals surface area contributed by atoms with Crippen LogP contribution in [0, 0.1) is 0 Å². The third-order valence-corrected chi connectivity index (χ3v) is 5.12. The smallest absolute Gasteiger partial charge is 0.263 e. The Hall–Kier alpha value is -2.78. The number of nitrogens with zero attached hydrogens (tertiary/aromatic N) is 2. The molecule has 0 saturated carbocycles. The molecule has 0 saturated heterocycles. The summed E-state index contributed by atoms with van der Waals surface area (Å²) in [4.78, 5) is 8.60. The van der Waals surface area contributed by atoms with E-state index in [1.807, 2.05) is 32.0 Å². The molecule has 0 aliphatic heterocycles. The number of thiocarbonyl (C=S) groups is 1. The van der Waals surface area contributed by atoms with Crippen molar-refractivity contribution in [2.45, 2.75) is 24.8 Å². The minimum atomic E-state index is -3.77. The van der Waals surface area contributed by atoms with Gasteiger partial charge in [0.15, 0.2) is 10.9 Å². The SMILES string of the molecule is CC(C)NC(=S)Nc1ccc(S(=O)(=O)Nc2cnc3ccccc3n2)cc1. The molecule has 0 spiro atoms. The highest BCUT2D eigenvalue weighted by Gasteiger charge is 2.15. The van der Waals surface area contributed by atoms with Gasteiger partial charge in [-0.1, -0.05) is 12.1 Å². The zero-order valence-electron chi connectivity index (χ0n) is 14.8. The van der Waals surface area contributed by atoms with Gasteiger partial charge in [-0.2, -0.15) is 0 Å². The second kappa shape index (κ2) is 7.85. The van der Waals surface area contributed by atoms with Crippen LogP contribution < -0.4 is 15.4 Å². The van der Waals surface area contributed by atoms with E-state index in [0.29, 0.717) is 21.8 Å². The second-order valence-electron chi connectivity index (χ2n) is 6.13. The van der Waals surface area contributed by atoms with Crippen LogP contribution in [0.15, 0.2) is 59.6 Å². The summed E-state index contributed by atoms with van der Waals surface area (Å²) in [5, 5.41) is 6.54. The summed E-state index contributed by atoms with van der Waals surface area (Å²) in [5.41, 5.74) is 2.00. The molecule has 2 aromatic carbocycles. The first kappa shape index (κ1) is 19.0. The molecule has 0 aliphatic rings.